The number of hydrogen-bond donors (Lipinski definition) is 0. The second-order valence-corrected chi connectivity index (χ2v) is 5.87. The maximum atomic E-state index is 12.7. The number of alkyl halides is 3. The summed E-state index contributed by atoms with van der Waals surface area (Å²) in [6, 6.07) is 12.8. The first-order chi connectivity index (χ1) is 12.4. The lowest BCUT2D eigenvalue weighted by atomic mass is 10.2. The van der Waals surface area contributed by atoms with Gasteiger partial charge in [-0.15, -0.1) is 0 Å². The number of carbonyl (C=O) groups is 1. The Morgan fingerprint density at radius 3 is 2.38 bits per heavy atom. The Bertz CT molecular complexity index is 745. The topological polar surface area (TPSA) is 45.7 Å². The minimum Gasteiger partial charge on any atom is -0.467 e. The highest BCUT2D eigenvalue weighted by molar-refractivity contribution is 5.96. The van der Waals surface area contributed by atoms with Crippen LogP contribution < -0.4 is 9.64 Å². The van der Waals surface area contributed by atoms with Crippen molar-refractivity contribution < 1.29 is 22.7 Å². The number of carbonyl (C=O) groups excluding carboxylic acids is 1. The van der Waals surface area contributed by atoms with Crippen LogP contribution in [0.3, 0.4) is 0 Å². The van der Waals surface area contributed by atoms with Crippen molar-refractivity contribution in [1.82, 2.24) is 9.88 Å². The number of amides is 1. The van der Waals surface area contributed by atoms with Crippen molar-refractivity contribution in [1.29, 1.82) is 0 Å². The monoisotopic (exact) mass is 365 g/mol. The summed E-state index contributed by atoms with van der Waals surface area (Å²) in [5, 5.41) is 0. The molecule has 3 rings (SSSR count). The molecule has 1 aromatic carbocycles. The number of piperazine rings is 1. The third-order valence-electron chi connectivity index (χ3n) is 4.06. The molecule has 1 fully saturated rings. The van der Waals surface area contributed by atoms with Crippen molar-refractivity contribution in [2.75, 3.05) is 37.7 Å². The highest BCUT2D eigenvalue weighted by Gasteiger charge is 2.30. The van der Waals surface area contributed by atoms with Crippen molar-refractivity contribution in [3.8, 4) is 5.88 Å². The van der Waals surface area contributed by atoms with Crippen LogP contribution in [0.4, 0.5) is 18.9 Å². The molecular weight excluding hydrogens is 347 g/mol. The molecule has 1 aliphatic heterocycles. The van der Waals surface area contributed by atoms with Crippen molar-refractivity contribution in [3.63, 3.8) is 0 Å². The Morgan fingerprint density at radius 1 is 1.04 bits per heavy atom. The molecule has 1 amide bonds. The van der Waals surface area contributed by atoms with Crippen LogP contribution in [0, 0.1) is 0 Å². The Hall–Kier alpha value is -2.77. The molecule has 5 nitrogen and oxygen atoms in total. The average Bonchev–Trinajstić information content (AvgIpc) is 2.66. The van der Waals surface area contributed by atoms with Crippen LogP contribution in [0.25, 0.3) is 0 Å². The Balaban J connectivity index is 1.65. The van der Waals surface area contributed by atoms with Crippen LogP contribution in [0.2, 0.25) is 0 Å². The van der Waals surface area contributed by atoms with Crippen molar-refractivity contribution in [2.45, 2.75) is 6.18 Å². The summed E-state index contributed by atoms with van der Waals surface area (Å²) in [4.78, 5) is 20.2. The normalized spacial score (nSPS) is 15.0. The van der Waals surface area contributed by atoms with Crippen molar-refractivity contribution >= 4 is 11.6 Å². The van der Waals surface area contributed by atoms with Gasteiger partial charge in [-0.2, -0.15) is 13.2 Å². The number of benzene rings is 1. The summed E-state index contributed by atoms with van der Waals surface area (Å²) >= 11 is 0. The van der Waals surface area contributed by atoms with E-state index in [-0.39, 0.29) is 17.4 Å². The lowest BCUT2D eigenvalue weighted by Gasteiger charge is -2.36. The third-order valence-corrected chi connectivity index (χ3v) is 4.06. The van der Waals surface area contributed by atoms with Gasteiger partial charge in [-0.1, -0.05) is 18.2 Å². The molecule has 0 saturated carbocycles. The first kappa shape index (κ1) is 18.0. The molecule has 1 aromatic heterocycles. The predicted octanol–water partition coefficient (Wildman–Crippen LogP) is 2.99. The smallest absolute Gasteiger partial charge is 0.422 e. The SMILES string of the molecule is O=C(c1cccnc1OCC(F)(F)F)N1CCN(c2ccccc2)CC1. The fourth-order valence-electron chi connectivity index (χ4n) is 2.80. The molecule has 2 heterocycles. The maximum absolute atomic E-state index is 12.7. The van der Waals surface area contributed by atoms with Crippen molar-refractivity contribution in [2.24, 2.45) is 0 Å². The molecule has 1 aliphatic rings. The summed E-state index contributed by atoms with van der Waals surface area (Å²) in [6.07, 6.45) is -3.19. The van der Waals surface area contributed by atoms with Crippen LogP contribution in [0.5, 0.6) is 5.88 Å². The molecule has 138 valence electrons. The van der Waals surface area contributed by atoms with Gasteiger partial charge in [0.2, 0.25) is 5.88 Å². The van der Waals surface area contributed by atoms with E-state index in [0.29, 0.717) is 26.2 Å². The molecule has 1 saturated heterocycles. The number of ether oxygens (including phenoxy) is 1. The summed E-state index contributed by atoms with van der Waals surface area (Å²) in [7, 11) is 0. The molecule has 0 aliphatic carbocycles. The molecular formula is C18H18F3N3O2. The van der Waals surface area contributed by atoms with Crippen LogP contribution >= 0.6 is 0 Å². The van der Waals surface area contributed by atoms with E-state index in [9.17, 15) is 18.0 Å². The standard InChI is InChI=1S/C18H18F3N3O2/c19-18(20,21)13-26-16-15(7-4-8-22-16)17(25)24-11-9-23(10-12-24)14-5-2-1-3-6-14/h1-8H,9-13H2. The molecule has 0 unspecified atom stereocenters. The summed E-state index contributed by atoms with van der Waals surface area (Å²) in [5.74, 6) is -0.664. The first-order valence-electron chi connectivity index (χ1n) is 8.18. The lowest BCUT2D eigenvalue weighted by molar-refractivity contribution is -0.154. The van der Waals surface area contributed by atoms with Gasteiger partial charge in [-0.05, 0) is 24.3 Å². The minimum atomic E-state index is -4.49. The fourth-order valence-corrected chi connectivity index (χ4v) is 2.80. The number of pyridine rings is 1. The van der Waals surface area contributed by atoms with E-state index in [1.807, 2.05) is 30.3 Å². The van der Waals surface area contributed by atoms with E-state index in [1.54, 1.807) is 4.90 Å². The third kappa shape index (κ3) is 4.44. The average molecular weight is 365 g/mol. The van der Waals surface area contributed by atoms with Crippen molar-refractivity contribution in [3.05, 3.63) is 54.2 Å². The van der Waals surface area contributed by atoms with Gasteiger partial charge in [-0.3, -0.25) is 4.79 Å². The van der Waals surface area contributed by atoms with Gasteiger partial charge in [0.15, 0.2) is 6.61 Å². The molecule has 0 spiro atoms. The molecule has 0 radical (unpaired) electrons. The number of rotatable bonds is 4. The van der Waals surface area contributed by atoms with E-state index in [2.05, 4.69) is 9.88 Å². The first-order valence-corrected chi connectivity index (χ1v) is 8.18. The van der Waals surface area contributed by atoms with E-state index in [4.69, 9.17) is 4.74 Å². The zero-order chi connectivity index (χ0) is 18.6. The predicted molar refractivity (Wildman–Crippen MR) is 90.3 cm³/mol. The molecule has 26 heavy (non-hydrogen) atoms. The van der Waals surface area contributed by atoms with E-state index >= 15 is 0 Å². The largest absolute Gasteiger partial charge is 0.467 e. The molecule has 0 N–H and O–H groups in total. The van der Waals surface area contributed by atoms with Gasteiger partial charge >= 0.3 is 6.18 Å². The maximum Gasteiger partial charge on any atom is 0.422 e. The number of nitrogens with zero attached hydrogens (tertiary/aromatic N) is 3. The second kappa shape index (κ2) is 7.63. The molecule has 0 atom stereocenters. The number of hydrogen-bond acceptors (Lipinski definition) is 4. The number of halogens is 3. The summed E-state index contributed by atoms with van der Waals surface area (Å²) in [5.41, 5.74) is 1.13. The molecule has 0 bridgehead atoms. The number of anilines is 1. The van der Waals surface area contributed by atoms with Crippen LogP contribution in [0.15, 0.2) is 48.7 Å². The number of aromatic nitrogens is 1. The van der Waals surface area contributed by atoms with E-state index in [0.717, 1.165) is 5.69 Å². The summed E-state index contributed by atoms with van der Waals surface area (Å²) < 4.78 is 41.8. The molecule has 8 heteroatoms. The number of para-hydroxylation sites is 1. The zero-order valence-electron chi connectivity index (χ0n) is 13.9. The Morgan fingerprint density at radius 2 is 1.73 bits per heavy atom. The second-order valence-electron chi connectivity index (χ2n) is 5.87. The van der Waals surface area contributed by atoms with Crippen LogP contribution in [0.1, 0.15) is 10.4 Å². The van der Waals surface area contributed by atoms with Gasteiger partial charge in [0.25, 0.3) is 5.91 Å². The highest BCUT2D eigenvalue weighted by atomic mass is 19.4. The van der Waals surface area contributed by atoms with Gasteiger partial charge in [0.1, 0.15) is 5.56 Å². The van der Waals surface area contributed by atoms with Gasteiger partial charge in [0, 0.05) is 38.1 Å². The van der Waals surface area contributed by atoms with Gasteiger partial charge < -0.3 is 14.5 Å². The van der Waals surface area contributed by atoms with E-state index in [1.165, 1.54) is 18.3 Å². The molecule has 2 aromatic rings. The fraction of sp³-hybridized carbons (Fsp3) is 0.333. The minimum absolute atomic E-state index is 0.0462. The summed E-state index contributed by atoms with van der Waals surface area (Å²) in [6.45, 7) is 0.762. The Labute approximate surface area is 149 Å². The lowest BCUT2D eigenvalue weighted by Crippen LogP contribution is -2.48. The van der Waals surface area contributed by atoms with Crippen LogP contribution in [-0.4, -0.2) is 54.8 Å². The zero-order valence-corrected chi connectivity index (χ0v) is 13.9. The highest BCUT2D eigenvalue weighted by Crippen LogP contribution is 2.22. The Kier molecular flexibility index (Phi) is 5.29. The van der Waals surface area contributed by atoms with E-state index < -0.39 is 12.8 Å². The van der Waals surface area contributed by atoms with Gasteiger partial charge in [-0.25, -0.2) is 4.98 Å². The van der Waals surface area contributed by atoms with Gasteiger partial charge in [0.05, 0.1) is 0 Å². The van der Waals surface area contributed by atoms with Crippen LogP contribution in [-0.2, 0) is 0 Å². The quantitative estimate of drug-likeness (QED) is 0.836.